The molecule has 0 aromatic heterocycles. The summed E-state index contributed by atoms with van der Waals surface area (Å²) in [6.07, 6.45) is 0. The number of carbonyl (C=O) groups excluding carboxylic acids is 1. The van der Waals surface area contributed by atoms with Crippen molar-refractivity contribution in [3.63, 3.8) is 0 Å². The van der Waals surface area contributed by atoms with Crippen LogP contribution in [0.5, 0.6) is 0 Å². The van der Waals surface area contributed by atoms with Crippen LogP contribution in [0.2, 0.25) is 0 Å². The third-order valence-corrected chi connectivity index (χ3v) is 3.68. The zero-order chi connectivity index (χ0) is 12.7. The predicted molar refractivity (Wildman–Crippen MR) is 73.7 cm³/mol. The molecule has 1 unspecified atom stereocenters. The number of carbonyl (C=O) groups is 1. The molecule has 2 aromatic rings. The molecule has 0 N–H and O–H groups in total. The van der Waals surface area contributed by atoms with E-state index >= 15 is 0 Å². The molecule has 2 nitrogen and oxygen atoms in total. The van der Waals surface area contributed by atoms with Crippen LogP contribution < -0.4 is 4.90 Å². The average Bonchev–Trinajstić information content (AvgIpc) is 2.51. The summed E-state index contributed by atoms with van der Waals surface area (Å²) in [6.45, 7) is 1.98. The largest absolute Gasteiger partial charge is 0.314 e. The Hall–Kier alpha value is -2.09. The number of amides is 1. The summed E-state index contributed by atoms with van der Waals surface area (Å²) in [6, 6.07) is 16.2. The quantitative estimate of drug-likeness (QED) is 0.687. The van der Waals surface area contributed by atoms with E-state index in [1.807, 2.05) is 50.4 Å². The molecule has 3 rings (SSSR count). The molecular weight excluding hydrogens is 222 g/mol. The fraction of sp³-hybridized carbons (Fsp3) is 0.188. The number of benzene rings is 2. The van der Waals surface area contributed by atoms with Gasteiger partial charge in [-0.2, -0.15) is 0 Å². The molecule has 1 heterocycles. The molecule has 0 aliphatic carbocycles. The van der Waals surface area contributed by atoms with Gasteiger partial charge in [0.1, 0.15) is 0 Å². The summed E-state index contributed by atoms with van der Waals surface area (Å²) in [5.74, 6) is 0.0472. The van der Waals surface area contributed by atoms with E-state index in [1.165, 1.54) is 5.56 Å². The molecular formula is C16H15NO. The topological polar surface area (TPSA) is 20.3 Å². The van der Waals surface area contributed by atoms with E-state index in [4.69, 9.17) is 0 Å². The Morgan fingerprint density at radius 2 is 1.56 bits per heavy atom. The van der Waals surface area contributed by atoms with Crippen LogP contribution in [-0.4, -0.2) is 13.0 Å². The average molecular weight is 237 g/mol. The molecule has 1 aliphatic rings. The van der Waals surface area contributed by atoms with Gasteiger partial charge in [0.05, 0.1) is 11.6 Å². The maximum absolute atomic E-state index is 12.4. The van der Waals surface area contributed by atoms with Gasteiger partial charge < -0.3 is 4.90 Å². The lowest BCUT2D eigenvalue weighted by Gasteiger charge is -2.19. The van der Waals surface area contributed by atoms with Crippen LogP contribution in [0.4, 0.5) is 5.69 Å². The number of nitrogens with zero attached hydrogens (tertiary/aromatic N) is 1. The Morgan fingerprint density at radius 3 is 2.33 bits per heavy atom. The smallest absolute Gasteiger partial charge is 0.234 e. The number of hydrogen-bond acceptors (Lipinski definition) is 1. The van der Waals surface area contributed by atoms with Gasteiger partial charge in [0, 0.05) is 12.6 Å². The second-order valence-electron chi connectivity index (χ2n) is 4.72. The van der Waals surface area contributed by atoms with Crippen molar-refractivity contribution in [2.24, 2.45) is 0 Å². The van der Waals surface area contributed by atoms with E-state index in [-0.39, 0.29) is 11.8 Å². The van der Waals surface area contributed by atoms with E-state index in [9.17, 15) is 4.79 Å². The Labute approximate surface area is 107 Å². The van der Waals surface area contributed by atoms with Crippen LogP contribution in [0, 0.1) is 0 Å². The van der Waals surface area contributed by atoms with Crippen molar-refractivity contribution in [3.05, 3.63) is 54.1 Å². The Balaban J connectivity index is 2.36. The summed E-state index contributed by atoms with van der Waals surface area (Å²) in [5.41, 5.74) is 4.39. The molecule has 0 bridgehead atoms. The number of likely N-dealkylation sites (N-methyl/N-ethyl adjacent to an activating group) is 1. The van der Waals surface area contributed by atoms with Gasteiger partial charge >= 0.3 is 0 Å². The number of fused-ring (bicyclic) bond motifs is 3. The Bertz CT molecular complexity index is 564. The molecule has 1 aliphatic heterocycles. The van der Waals surface area contributed by atoms with Crippen LogP contribution in [0.1, 0.15) is 18.4 Å². The monoisotopic (exact) mass is 237 g/mol. The van der Waals surface area contributed by atoms with Crippen molar-refractivity contribution in [1.29, 1.82) is 0 Å². The minimum atomic E-state index is -0.0985. The van der Waals surface area contributed by atoms with E-state index in [1.54, 1.807) is 4.90 Å². The third-order valence-electron chi connectivity index (χ3n) is 3.68. The summed E-state index contributed by atoms with van der Waals surface area (Å²) >= 11 is 0. The van der Waals surface area contributed by atoms with Gasteiger partial charge in [-0.15, -0.1) is 0 Å². The first kappa shape index (κ1) is 11.0. The Morgan fingerprint density at radius 1 is 0.944 bits per heavy atom. The molecule has 0 saturated heterocycles. The number of hydrogen-bond donors (Lipinski definition) is 0. The molecule has 2 aromatic carbocycles. The first-order valence-corrected chi connectivity index (χ1v) is 6.16. The predicted octanol–water partition coefficient (Wildman–Crippen LogP) is 3.43. The minimum absolute atomic E-state index is 0.0985. The lowest BCUT2D eigenvalue weighted by Crippen LogP contribution is -2.29. The molecule has 0 fully saturated rings. The zero-order valence-electron chi connectivity index (χ0n) is 10.6. The standard InChI is InChI=1S/C16H15NO/c1-11-12-7-3-4-8-13(12)14-9-5-6-10-15(14)17(2)16(11)18/h3-11H,1-2H3. The fourth-order valence-corrected chi connectivity index (χ4v) is 2.66. The van der Waals surface area contributed by atoms with E-state index < -0.39 is 0 Å². The first-order valence-electron chi connectivity index (χ1n) is 6.16. The molecule has 1 atom stereocenters. The Kier molecular flexibility index (Phi) is 2.44. The van der Waals surface area contributed by atoms with Gasteiger partial charge in [-0.3, -0.25) is 4.79 Å². The molecule has 0 spiro atoms. The number of anilines is 1. The van der Waals surface area contributed by atoms with E-state index in [0.717, 1.165) is 16.8 Å². The molecule has 18 heavy (non-hydrogen) atoms. The van der Waals surface area contributed by atoms with E-state index in [2.05, 4.69) is 12.1 Å². The second kappa shape index (κ2) is 3.98. The summed E-state index contributed by atoms with van der Waals surface area (Å²) < 4.78 is 0. The van der Waals surface area contributed by atoms with Gasteiger partial charge in [0.25, 0.3) is 0 Å². The van der Waals surface area contributed by atoms with Crippen LogP contribution in [0.3, 0.4) is 0 Å². The summed E-state index contributed by atoms with van der Waals surface area (Å²) in [7, 11) is 1.85. The SMILES string of the molecule is CC1C(=O)N(C)c2ccccc2-c2ccccc21. The highest BCUT2D eigenvalue weighted by atomic mass is 16.2. The maximum atomic E-state index is 12.4. The lowest BCUT2D eigenvalue weighted by atomic mass is 9.92. The van der Waals surface area contributed by atoms with Crippen molar-refractivity contribution in [3.8, 4) is 11.1 Å². The van der Waals surface area contributed by atoms with Crippen LogP contribution in [-0.2, 0) is 4.79 Å². The lowest BCUT2D eigenvalue weighted by molar-refractivity contribution is -0.119. The van der Waals surface area contributed by atoms with Gasteiger partial charge in [-0.25, -0.2) is 0 Å². The van der Waals surface area contributed by atoms with Gasteiger partial charge in [-0.1, -0.05) is 42.5 Å². The highest BCUT2D eigenvalue weighted by molar-refractivity contribution is 6.04. The van der Waals surface area contributed by atoms with Crippen molar-refractivity contribution in [2.45, 2.75) is 12.8 Å². The molecule has 90 valence electrons. The molecule has 0 saturated carbocycles. The van der Waals surface area contributed by atoms with Crippen molar-refractivity contribution >= 4 is 11.6 Å². The fourth-order valence-electron chi connectivity index (χ4n) is 2.66. The number of rotatable bonds is 0. The first-order chi connectivity index (χ1) is 8.70. The zero-order valence-corrected chi connectivity index (χ0v) is 10.6. The van der Waals surface area contributed by atoms with Crippen molar-refractivity contribution in [1.82, 2.24) is 0 Å². The normalized spacial score (nSPS) is 18.0. The van der Waals surface area contributed by atoms with Gasteiger partial charge in [0.15, 0.2) is 0 Å². The van der Waals surface area contributed by atoms with Gasteiger partial charge in [-0.05, 0) is 24.1 Å². The third kappa shape index (κ3) is 1.46. The minimum Gasteiger partial charge on any atom is -0.314 e. The highest BCUT2D eigenvalue weighted by Gasteiger charge is 2.28. The number of para-hydroxylation sites is 1. The van der Waals surface area contributed by atoms with Crippen LogP contribution in [0.15, 0.2) is 48.5 Å². The highest BCUT2D eigenvalue weighted by Crippen LogP contribution is 2.39. The van der Waals surface area contributed by atoms with Crippen molar-refractivity contribution < 1.29 is 4.79 Å². The van der Waals surface area contributed by atoms with Gasteiger partial charge in [0.2, 0.25) is 5.91 Å². The molecule has 2 heteroatoms. The van der Waals surface area contributed by atoms with Crippen LogP contribution in [0.25, 0.3) is 11.1 Å². The maximum Gasteiger partial charge on any atom is 0.234 e. The molecule has 0 radical (unpaired) electrons. The molecule has 1 amide bonds. The second-order valence-corrected chi connectivity index (χ2v) is 4.72. The summed E-state index contributed by atoms with van der Waals surface area (Å²) in [5, 5.41) is 0. The van der Waals surface area contributed by atoms with E-state index in [0.29, 0.717) is 0 Å². The van der Waals surface area contributed by atoms with Crippen molar-refractivity contribution in [2.75, 3.05) is 11.9 Å². The van der Waals surface area contributed by atoms with Crippen LogP contribution >= 0.6 is 0 Å². The summed E-state index contributed by atoms with van der Waals surface area (Å²) in [4.78, 5) is 14.2.